The van der Waals surface area contributed by atoms with E-state index in [-0.39, 0.29) is 12.0 Å². The number of aromatic nitrogens is 1. The number of carbonyl (C=O) groups excluding carboxylic acids is 1. The number of aryl methyl sites for hydroxylation is 1. The van der Waals surface area contributed by atoms with Gasteiger partial charge < -0.3 is 10.1 Å². The van der Waals surface area contributed by atoms with Crippen LogP contribution in [0.1, 0.15) is 16.7 Å². The van der Waals surface area contributed by atoms with Gasteiger partial charge in [0.05, 0.1) is 18.7 Å². The van der Waals surface area contributed by atoms with E-state index in [0.717, 1.165) is 29.0 Å². The highest BCUT2D eigenvalue weighted by atomic mass is 32.2. The third-order valence-electron chi connectivity index (χ3n) is 5.03. The number of thioether (sulfide) groups is 1. The largest absolute Gasteiger partial charge is 0.487 e. The van der Waals surface area contributed by atoms with Crippen LogP contribution in [-0.2, 0) is 17.6 Å². The van der Waals surface area contributed by atoms with Gasteiger partial charge in [-0.3, -0.25) is 9.78 Å². The van der Waals surface area contributed by atoms with Crippen molar-refractivity contribution in [2.45, 2.75) is 30.8 Å². The van der Waals surface area contributed by atoms with E-state index < -0.39 is 0 Å². The normalized spacial score (nSPS) is 14.9. The maximum absolute atomic E-state index is 12.4. The number of nitrogens with zero attached hydrogens (tertiary/aromatic N) is 1. The van der Waals surface area contributed by atoms with Crippen LogP contribution in [0.25, 0.3) is 11.3 Å². The Balaban J connectivity index is 1.39. The monoisotopic (exact) mass is 404 g/mol. The van der Waals surface area contributed by atoms with Gasteiger partial charge in [0.2, 0.25) is 5.91 Å². The minimum Gasteiger partial charge on any atom is -0.487 e. The Morgan fingerprint density at radius 3 is 2.76 bits per heavy atom. The molecule has 1 atom stereocenters. The second-order valence-electron chi connectivity index (χ2n) is 7.29. The van der Waals surface area contributed by atoms with Gasteiger partial charge in [-0.25, -0.2) is 0 Å². The fraction of sp³-hybridized carbons (Fsp3) is 0.250. The van der Waals surface area contributed by atoms with Crippen LogP contribution in [0.5, 0.6) is 5.75 Å². The summed E-state index contributed by atoms with van der Waals surface area (Å²) in [5.41, 5.74) is 5.31. The number of hydrogen-bond acceptors (Lipinski definition) is 4. The summed E-state index contributed by atoms with van der Waals surface area (Å²) in [4.78, 5) is 18.0. The number of nitrogens with one attached hydrogen (secondary N) is 1. The predicted octanol–water partition coefficient (Wildman–Crippen LogP) is 4.44. The molecule has 1 N–H and O–H groups in total. The van der Waals surface area contributed by atoms with Crippen LogP contribution in [-0.4, -0.2) is 29.8 Å². The van der Waals surface area contributed by atoms with Crippen molar-refractivity contribution in [1.82, 2.24) is 10.3 Å². The molecule has 4 rings (SSSR count). The summed E-state index contributed by atoms with van der Waals surface area (Å²) in [6, 6.07) is 18.3. The van der Waals surface area contributed by atoms with E-state index in [1.54, 1.807) is 18.0 Å². The molecule has 0 aliphatic carbocycles. The summed E-state index contributed by atoms with van der Waals surface area (Å²) >= 11 is 1.70. The minimum atomic E-state index is -0.0583. The van der Waals surface area contributed by atoms with Gasteiger partial charge in [0.25, 0.3) is 0 Å². The first kappa shape index (κ1) is 19.5. The molecule has 148 valence electrons. The van der Waals surface area contributed by atoms with Crippen LogP contribution in [0.15, 0.2) is 65.7 Å². The van der Waals surface area contributed by atoms with Crippen molar-refractivity contribution in [3.63, 3.8) is 0 Å². The molecule has 0 saturated heterocycles. The van der Waals surface area contributed by atoms with E-state index >= 15 is 0 Å². The molecule has 0 unspecified atom stereocenters. The molecule has 1 aliphatic heterocycles. The molecule has 1 aliphatic rings. The quantitative estimate of drug-likeness (QED) is 0.617. The maximum atomic E-state index is 12.4. The Labute approximate surface area is 175 Å². The standard InChI is InChI=1S/C24H24N2O2S/c1-16-11-18-14-19(28-24(18)21(12-16)22-5-3-4-10-25-22)15-26-23(27)13-17-6-8-20(29-2)9-7-17/h3-12,19H,13-15H2,1-2H3,(H,26,27)/t19-/m0/s1. The van der Waals surface area contributed by atoms with Crippen molar-refractivity contribution in [3.8, 4) is 17.0 Å². The zero-order valence-corrected chi connectivity index (χ0v) is 17.5. The van der Waals surface area contributed by atoms with Crippen molar-refractivity contribution in [3.05, 3.63) is 77.5 Å². The first-order valence-corrected chi connectivity index (χ1v) is 11.0. The number of fused-ring (bicyclic) bond motifs is 1. The fourth-order valence-electron chi connectivity index (χ4n) is 3.64. The van der Waals surface area contributed by atoms with Gasteiger partial charge in [-0.05, 0) is 60.2 Å². The third kappa shape index (κ3) is 4.62. The summed E-state index contributed by atoms with van der Waals surface area (Å²) in [6.45, 7) is 2.58. The molecule has 0 fully saturated rings. The second-order valence-corrected chi connectivity index (χ2v) is 8.17. The summed E-state index contributed by atoms with van der Waals surface area (Å²) in [5, 5.41) is 3.03. The number of pyridine rings is 1. The van der Waals surface area contributed by atoms with Gasteiger partial charge in [0, 0.05) is 23.1 Å². The van der Waals surface area contributed by atoms with E-state index in [2.05, 4.69) is 29.4 Å². The Kier molecular flexibility index (Phi) is 5.86. The van der Waals surface area contributed by atoms with Gasteiger partial charge in [-0.2, -0.15) is 0 Å². The van der Waals surface area contributed by atoms with Gasteiger partial charge in [0.15, 0.2) is 0 Å². The van der Waals surface area contributed by atoms with Crippen LogP contribution in [0.4, 0.5) is 0 Å². The molecule has 2 aromatic carbocycles. The highest BCUT2D eigenvalue weighted by Crippen LogP contribution is 2.39. The van der Waals surface area contributed by atoms with Gasteiger partial charge >= 0.3 is 0 Å². The molecule has 4 nitrogen and oxygen atoms in total. The molecule has 29 heavy (non-hydrogen) atoms. The Bertz CT molecular complexity index is 1000. The average molecular weight is 405 g/mol. The summed E-state index contributed by atoms with van der Waals surface area (Å²) in [6.07, 6.45) is 4.95. The van der Waals surface area contributed by atoms with E-state index in [1.807, 2.05) is 48.7 Å². The van der Waals surface area contributed by atoms with Crippen LogP contribution >= 0.6 is 11.8 Å². The lowest BCUT2D eigenvalue weighted by molar-refractivity contribution is -0.120. The van der Waals surface area contributed by atoms with Crippen molar-refractivity contribution in [2.75, 3.05) is 12.8 Å². The summed E-state index contributed by atoms with van der Waals surface area (Å²) in [7, 11) is 0. The highest BCUT2D eigenvalue weighted by molar-refractivity contribution is 7.98. The lowest BCUT2D eigenvalue weighted by Crippen LogP contribution is -2.35. The SMILES string of the molecule is CSc1ccc(CC(=O)NC[C@@H]2Cc3cc(C)cc(-c4ccccn4)c3O2)cc1. The number of rotatable bonds is 6. The van der Waals surface area contributed by atoms with Crippen LogP contribution in [0.3, 0.4) is 0 Å². The number of carbonyl (C=O) groups is 1. The summed E-state index contributed by atoms with van der Waals surface area (Å²) in [5.74, 6) is 0.906. The van der Waals surface area contributed by atoms with E-state index in [4.69, 9.17) is 4.74 Å². The number of amides is 1. The van der Waals surface area contributed by atoms with Crippen molar-refractivity contribution in [2.24, 2.45) is 0 Å². The van der Waals surface area contributed by atoms with Crippen molar-refractivity contribution < 1.29 is 9.53 Å². The molecular weight excluding hydrogens is 380 g/mol. The lowest BCUT2D eigenvalue weighted by Gasteiger charge is -2.14. The molecule has 2 heterocycles. The molecule has 1 amide bonds. The maximum Gasteiger partial charge on any atom is 0.224 e. The zero-order valence-electron chi connectivity index (χ0n) is 16.6. The predicted molar refractivity (Wildman–Crippen MR) is 117 cm³/mol. The van der Waals surface area contributed by atoms with Crippen molar-refractivity contribution >= 4 is 17.7 Å². The van der Waals surface area contributed by atoms with Crippen LogP contribution in [0, 0.1) is 6.92 Å². The van der Waals surface area contributed by atoms with Gasteiger partial charge in [-0.15, -0.1) is 11.8 Å². The van der Waals surface area contributed by atoms with Gasteiger partial charge in [-0.1, -0.05) is 24.3 Å². The zero-order chi connectivity index (χ0) is 20.2. The molecule has 1 aromatic heterocycles. The Morgan fingerprint density at radius 2 is 2.03 bits per heavy atom. The topological polar surface area (TPSA) is 51.2 Å². The van der Waals surface area contributed by atoms with Gasteiger partial charge in [0.1, 0.15) is 11.9 Å². The molecule has 0 radical (unpaired) electrons. The number of ether oxygens (including phenoxy) is 1. The van der Waals surface area contributed by atoms with Crippen molar-refractivity contribution in [1.29, 1.82) is 0 Å². The third-order valence-corrected chi connectivity index (χ3v) is 5.78. The lowest BCUT2D eigenvalue weighted by atomic mass is 10.0. The highest BCUT2D eigenvalue weighted by Gasteiger charge is 2.27. The first-order valence-electron chi connectivity index (χ1n) is 9.73. The molecule has 0 bridgehead atoms. The summed E-state index contributed by atoms with van der Waals surface area (Å²) < 4.78 is 6.22. The molecular formula is C24H24N2O2S. The molecule has 3 aromatic rings. The second kappa shape index (κ2) is 8.70. The van der Waals surface area contributed by atoms with E-state index in [1.165, 1.54) is 16.0 Å². The molecule has 5 heteroatoms. The minimum absolute atomic E-state index is 0.0163. The Hall–Kier alpha value is -2.79. The molecule has 0 saturated carbocycles. The van der Waals surface area contributed by atoms with Crippen LogP contribution in [0.2, 0.25) is 0 Å². The van der Waals surface area contributed by atoms with E-state index in [0.29, 0.717) is 13.0 Å². The average Bonchev–Trinajstić information content (AvgIpc) is 3.15. The van der Waals surface area contributed by atoms with Crippen LogP contribution < -0.4 is 10.1 Å². The molecule has 0 spiro atoms. The number of hydrogen-bond donors (Lipinski definition) is 1. The van der Waals surface area contributed by atoms with E-state index in [9.17, 15) is 4.79 Å². The fourth-order valence-corrected chi connectivity index (χ4v) is 4.05. The Morgan fingerprint density at radius 1 is 1.21 bits per heavy atom. The number of benzene rings is 2. The first-order chi connectivity index (χ1) is 14.1. The smallest absolute Gasteiger partial charge is 0.224 e.